The molecule has 0 aliphatic heterocycles. The molecule has 0 amide bonds. The molecule has 0 aliphatic rings. The highest BCUT2D eigenvalue weighted by Crippen LogP contribution is 2.27. The maximum atomic E-state index is 6.11. The third-order valence-corrected chi connectivity index (χ3v) is 3.19. The number of hydrogen-bond acceptors (Lipinski definition) is 3. The Morgan fingerprint density at radius 3 is 2.47 bits per heavy atom. The first kappa shape index (κ1) is 12.3. The van der Waals surface area contributed by atoms with Gasteiger partial charge in [-0.1, -0.05) is 13.8 Å². The highest BCUT2D eigenvalue weighted by atomic mass is 16.3. The van der Waals surface area contributed by atoms with E-state index in [1.165, 1.54) is 0 Å². The Labute approximate surface area is 92.0 Å². The van der Waals surface area contributed by atoms with Crippen molar-refractivity contribution in [1.82, 2.24) is 5.32 Å². The summed E-state index contributed by atoms with van der Waals surface area (Å²) in [5.41, 5.74) is 5.97. The van der Waals surface area contributed by atoms with Gasteiger partial charge in [0.25, 0.3) is 0 Å². The molecule has 0 radical (unpaired) electrons. The molecule has 0 saturated heterocycles. The maximum Gasteiger partial charge on any atom is 0.117 e. The van der Waals surface area contributed by atoms with E-state index in [0.717, 1.165) is 18.8 Å². The number of rotatable bonds is 5. The van der Waals surface area contributed by atoms with Crippen molar-refractivity contribution >= 4 is 0 Å². The summed E-state index contributed by atoms with van der Waals surface area (Å²) >= 11 is 0. The molecule has 1 heterocycles. The molecule has 0 saturated carbocycles. The van der Waals surface area contributed by atoms with Crippen molar-refractivity contribution < 1.29 is 4.42 Å². The molecule has 0 atom stereocenters. The minimum atomic E-state index is -0.191. The summed E-state index contributed by atoms with van der Waals surface area (Å²) in [6.45, 7) is 10.1. The molecular weight excluding hydrogens is 188 g/mol. The molecule has 3 nitrogen and oxygen atoms in total. The van der Waals surface area contributed by atoms with Gasteiger partial charge in [-0.25, -0.2) is 0 Å². The fourth-order valence-corrected chi connectivity index (χ4v) is 1.14. The van der Waals surface area contributed by atoms with Crippen LogP contribution in [0.1, 0.15) is 33.5 Å². The molecule has 0 aromatic carbocycles. The van der Waals surface area contributed by atoms with Gasteiger partial charge in [0.2, 0.25) is 0 Å². The summed E-state index contributed by atoms with van der Waals surface area (Å²) in [5, 5.41) is 3.36. The Balaban J connectivity index is 2.37. The predicted octanol–water partition coefficient (Wildman–Crippen LogP) is 2.13. The summed E-state index contributed by atoms with van der Waals surface area (Å²) in [7, 11) is 0. The first-order valence-corrected chi connectivity index (χ1v) is 5.35. The van der Waals surface area contributed by atoms with E-state index in [9.17, 15) is 0 Å². The van der Waals surface area contributed by atoms with Crippen LogP contribution in [0.4, 0.5) is 0 Å². The number of furan rings is 1. The van der Waals surface area contributed by atoms with E-state index < -0.39 is 0 Å². The highest BCUT2D eigenvalue weighted by Gasteiger charge is 2.32. The summed E-state index contributed by atoms with van der Waals surface area (Å²) in [5.74, 6) is 0.959. The molecular formula is C12H22N2O. The van der Waals surface area contributed by atoms with Gasteiger partial charge in [-0.2, -0.15) is 0 Å². The Hall–Kier alpha value is -0.800. The SMILES string of the molecule is CC(C)(N)C(C)(C)CNCc1ccco1. The second-order valence-electron chi connectivity index (χ2n) is 5.29. The largest absolute Gasteiger partial charge is 0.468 e. The van der Waals surface area contributed by atoms with E-state index in [2.05, 4.69) is 33.0 Å². The van der Waals surface area contributed by atoms with Crippen molar-refractivity contribution in [2.75, 3.05) is 6.54 Å². The molecule has 3 heteroatoms. The zero-order valence-corrected chi connectivity index (χ0v) is 10.1. The van der Waals surface area contributed by atoms with Crippen LogP contribution in [0.5, 0.6) is 0 Å². The molecule has 1 aromatic rings. The van der Waals surface area contributed by atoms with Gasteiger partial charge in [0.1, 0.15) is 5.76 Å². The zero-order valence-electron chi connectivity index (χ0n) is 10.1. The van der Waals surface area contributed by atoms with Crippen LogP contribution in [-0.2, 0) is 6.54 Å². The lowest BCUT2D eigenvalue weighted by Gasteiger charge is -2.38. The topological polar surface area (TPSA) is 51.2 Å². The van der Waals surface area contributed by atoms with Crippen molar-refractivity contribution in [2.24, 2.45) is 11.1 Å². The summed E-state index contributed by atoms with van der Waals surface area (Å²) in [6.07, 6.45) is 1.69. The van der Waals surface area contributed by atoms with Gasteiger partial charge < -0.3 is 15.5 Å². The van der Waals surface area contributed by atoms with Gasteiger partial charge in [0, 0.05) is 12.1 Å². The highest BCUT2D eigenvalue weighted by molar-refractivity contribution is 4.98. The molecule has 0 aliphatic carbocycles. The Morgan fingerprint density at radius 2 is 2.00 bits per heavy atom. The van der Waals surface area contributed by atoms with Crippen LogP contribution in [0, 0.1) is 5.41 Å². The normalized spacial score (nSPS) is 13.1. The van der Waals surface area contributed by atoms with Crippen molar-refractivity contribution in [3.8, 4) is 0 Å². The van der Waals surface area contributed by atoms with Crippen molar-refractivity contribution in [2.45, 2.75) is 39.8 Å². The molecule has 1 aromatic heterocycles. The van der Waals surface area contributed by atoms with E-state index in [1.54, 1.807) is 6.26 Å². The predicted molar refractivity (Wildman–Crippen MR) is 62.5 cm³/mol. The lowest BCUT2D eigenvalue weighted by molar-refractivity contribution is 0.193. The molecule has 0 fully saturated rings. The lowest BCUT2D eigenvalue weighted by atomic mass is 9.75. The number of nitrogens with one attached hydrogen (secondary N) is 1. The summed E-state index contributed by atoms with van der Waals surface area (Å²) < 4.78 is 5.24. The van der Waals surface area contributed by atoms with Crippen LogP contribution in [0.15, 0.2) is 22.8 Å². The van der Waals surface area contributed by atoms with Gasteiger partial charge in [0.15, 0.2) is 0 Å². The summed E-state index contributed by atoms with van der Waals surface area (Å²) in [4.78, 5) is 0. The van der Waals surface area contributed by atoms with E-state index in [0.29, 0.717) is 0 Å². The van der Waals surface area contributed by atoms with Gasteiger partial charge in [-0.3, -0.25) is 0 Å². The molecule has 1 rings (SSSR count). The second kappa shape index (κ2) is 4.37. The Kier molecular flexibility index (Phi) is 3.58. The van der Waals surface area contributed by atoms with Crippen molar-refractivity contribution in [3.63, 3.8) is 0 Å². The first-order valence-electron chi connectivity index (χ1n) is 5.35. The van der Waals surface area contributed by atoms with E-state index in [-0.39, 0.29) is 11.0 Å². The van der Waals surface area contributed by atoms with Gasteiger partial charge in [-0.15, -0.1) is 0 Å². The Bertz CT molecular complexity index is 283. The van der Waals surface area contributed by atoms with E-state index in [4.69, 9.17) is 10.2 Å². The molecule has 86 valence electrons. The fraction of sp³-hybridized carbons (Fsp3) is 0.667. The van der Waals surface area contributed by atoms with Crippen LogP contribution >= 0.6 is 0 Å². The van der Waals surface area contributed by atoms with Crippen LogP contribution < -0.4 is 11.1 Å². The second-order valence-corrected chi connectivity index (χ2v) is 5.29. The monoisotopic (exact) mass is 210 g/mol. The third kappa shape index (κ3) is 3.36. The minimum absolute atomic E-state index is 0.0552. The van der Waals surface area contributed by atoms with Crippen LogP contribution in [-0.4, -0.2) is 12.1 Å². The molecule has 0 spiro atoms. The summed E-state index contributed by atoms with van der Waals surface area (Å²) in [6, 6.07) is 3.86. The van der Waals surface area contributed by atoms with E-state index in [1.807, 2.05) is 12.1 Å². The molecule has 0 unspecified atom stereocenters. The van der Waals surface area contributed by atoms with Gasteiger partial charge in [0.05, 0.1) is 12.8 Å². The minimum Gasteiger partial charge on any atom is -0.468 e. The third-order valence-electron chi connectivity index (χ3n) is 3.19. The average molecular weight is 210 g/mol. The first-order chi connectivity index (χ1) is 6.83. The lowest BCUT2D eigenvalue weighted by Crippen LogP contribution is -2.52. The number of hydrogen-bond donors (Lipinski definition) is 2. The van der Waals surface area contributed by atoms with E-state index >= 15 is 0 Å². The molecule has 3 N–H and O–H groups in total. The average Bonchev–Trinajstić information content (AvgIpc) is 2.54. The quantitative estimate of drug-likeness (QED) is 0.782. The van der Waals surface area contributed by atoms with Crippen molar-refractivity contribution in [3.05, 3.63) is 24.2 Å². The molecule has 15 heavy (non-hydrogen) atoms. The maximum absolute atomic E-state index is 6.11. The smallest absolute Gasteiger partial charge is 0.117 e. The van der Waals surface area contributed by atoms with Crippen LogP contribution in [0.2, 0.25) is 0 Å². The van der Waals surface area contributed by atoms with Crippen LogP contribution in [0.3, 0.4) is 0 Å². The van der Waals surface area contributed by atoms with Crippen molar-refractivity contribution in [1.29, 1.82) is 0 Å². The molecule has 0 bridgehead atoms. The number of nitrogens with two attached hydrogens (primary N) is 1. The zero-order chi connectivity index (χ0) is 11.5. The fourth-order valence-electron chi connectivity index (χ4n) is 1.14. The Morgan fingerprint density at radius 1 is 1.33 bits per heavy atom. The van der Waals surface area contributed by atoms with Gasteiger partial charge in [-0.05, 0) is 31.4 Å². The van der Waals surface area contributed by atoms with Gasteiger partial charge >= 0.3 is 0 Å². The van der Waals surface area contributed by atoms with Crippen LogP contribution in [0.25, 0.3) is 0 Å². The standard InChI is InChI=1S/C12H22N2O/c1-11(2,12(3,4)13)9-14-8-10-6-5-7-15-10/h5-7,14H,8-9,13H2,1-4H3.